The fourth-order valence-electron chi connectivity index (χ4n) is 1.66. The molecule has 1 heterocycles. The van der Waals surface area contributed by atoms with Crippen LogP contribution in [-0.2, 0) is 6.54 Å². The van der Waals surface area contributed by atoms with Crippen LogP contribution >= 0.6 is 27.7 Å². The summed E-state index contributed by atoms with van der Waals surface area (Å²) in [5.41, 5.74) is 2.27. The lowest BCUT2D eigenvalue weighted by molar-refractivity contribution is 0.640. The first kappa shape index (κ1) is 12.7. The highest BCUT2D eigenvalue weighted by molar-refractivity contribution is 9.10. The van der Waals surface area contributed by atoms with Gasteiger partial charge in [0, 0.05) is 16.3 Å². The van der Waals surface area contributed by atoms with Crippen molar-refractivity contribution in [2.45, 2.75) is 25.3 Å². The van der Waals surface area contributed by atoms with E-state index in [-0.39, 0.29) is 0 Å². The van der Waals surface area contributed by atoms with Gasteiger partial charge in [-0.3, -0.25) is 4.68 Å². The molecule has 0 saturated carbocycles. The summed E-state index contributed by atoms with van der Waals surface area (Å²) in [6.45, 7) is 5.06. The van der Waals surface area contributed by atoms with Gasteiger partial charge in [0.2, 0.25) is 0 Å². The van der Waals surface area contributed by atoms with E-state index in [1.54, 1.807) is 0 Å². The number of hydrogen-bond acceptors (Lipinski definition) is 2. The number of halogens is 1. The monoisotopic (exact) mass is 310 g/mol. The van der Waals surface area contributed by atoms with E-state index in [2.05, 4.69) is 56.9 Å². The van der Waals surface area contributed by atoms with E-state index in [1.807, 2.05) is 24.8 Å². The molecule has 0 amide bonds. The van der Waals surface area contributed by atoms with Gasteiger partial charge in [-0.1, -0.05) is 18.2 Å². The van der Waals surface area contributed by atoms with Gasteiger partial charge in [-0.05, 0) is 41.9 Å². The summed E-state index contributed by atoms with van der Waals surface area (Å²) < 4.78 is 3.19. The summed E-state index contributed by atoms with van der Waals surface area (Å²) in [6, 6.07) is 10.5. The van der Waals surface area contributed by atoms with Gasteiger partial charge >= 0.3 is 0 Å². The summed E-state index contributed by atoms with van der Waals surface area (Å²) >= 11 is 5.41. The molecule has 17 heavy (non-hydrogen) atoms. The van der Waals surface area contributed by atoms with Crippen LogP contribution in [0.25, 0.3) is 0 Å². The quantitative estimate of drug-likeness (QED) is 0.793. The maximum absolute atomic E-state index is 4.50. The lowest BCUT2D eigenvalue weighted by atomic mass is 10.4. The highest BCUT2D eigenvalue weighted by Gasteiger charge is 2.07. The summed E-state index contributed by atoms with van der Waals surface area (Å²) in [7, 11) is 0. The first-order valence-electron chi connectivity index (χ1n) is 5.56. The van der Waals surface area contributed by atoms with E-state index >= 15 is 0 Å². The standard InChI is InChI=1S/C13H15BrN2S/c1-10-13(14)11(2)16(15-10)8-9-17-12-6-4-3-5-7-12/h3-7H,8-9H2,1-2H3. The molecule has 0 aliphatic carbocycles. The second-order valence-electron chi connectivity index (χ2n) is 3.87. The molecular formula is C13H15BrN2S. The van der Waals surface area contributed by atoms with Gasteiger partial charge in [-0.2, -0.15) is 5.10 Å². The minimum absolute atomic E-state index is 0.942. The Hall–Kier alpha value is -0.740. The number of aromatic nitrogens is 2. The Balaban J connectivity index is 1.92. The fourth-order valence-corrected chi connectivity index (χ4v) is 2.79. The van der Waals surface area contributed by atoms with E-state index < -0.39 is 0 Å². The number of hydrogen-bond donors (Lipinski definition) is 0. The molecule has 1 aromatic heterocycles. The molecule has 0 aliphatic rings. The molecule has 0 unspecified atom stereocenters. The minimum Gasteiger partial charge on any atom is -0.268 e. The van der Waals surface area contributed by atoms with E-state index in [4.69, 9.17) is 0 Å². The predicted molar refractivity (Wildman–Crippen MR) is 76.6 cm³/mol. The zero-order chi connectivity index (χ0) is 12.3. The molecule has 0 N–H and O–H groups in total. The van der Waals surface area contributed by atoms with Gasteiger partial charge in [0.25, 0.3) is 0 Å². The number of aryl methyl sites for hydroxylation is 2. The van der Waals surface area contributed by atoms with Crippen molar-refractivity contribution in [1.29, 1.82) is 0 Å². The normalized spacial score (nSPS) is 10.8. The van der Waals surface area contributed by atoms with Crippen molar-refractivity contribution >= 4 is 27.7 Å². The van der Waals surface area contributed by atoms with Crippen molar-refractivity contribution in [3.8, 4) is 0 Å². The molecule has 0 fully saturated rings. The van der Waals surface area contributed by atoms with E-state index in [0.717, 1.165) is 22.5 Å². The Morgan fingerprint density at radius 2 is 1.94 bits per heavy atom. The van der Waals surface area contributed by atoms with Crippen molar-refractivity contribution in [2.24, 2.45) is 0 Å². The van der Waals surface area contributed by atoms with Crippen LogP contribution in [0, 0.1) is 13.8 Å². The Kier molecular flexibility index (Phi) is 4.29. The van der Waals surface area contributed by atoms with E-state index in [1.165, 1.54) is 10.6 Å². The first-order chi connectivity index (χ1) is 8.18. The third kappa shape index (κ3) is 3.13. The van der Waals surface area contributed by atoms with Gasteiger partial charge in [-0.15, -0.1) is 11.8 Å². The second kappa shape index (κ2) is 5.74. The average molecular weight is 311 g/mol. The van der Waals surface area contributed by atoms with Crippen LogP contribution in [0.3, 0.4) is 0 Å². The molecule has 0 spiro atoms. The zero-order valence-electron chi connectivity index (χ0n) is 9.98. The van der Waals surface area contributed by atoms with Crippen LogP contribution < -0.4 is 0 Å². The molecule has 0 aliphatic heterocycles. The van der Waals surface area contributed by atoms with Crippen molar-refractivity contribution in [2.75, 3.05) is 5.75 Å². The summed E-state index contributed by atoms with van der Waals surface area (Å²) in [4.78, 5) is 1.31. The SMILES string of the molecule is Cc1nn(CCSc2ccccc2)c(C)c1Br. The molecule has 0 radical (unpaired) electrons. The highest BCUT2D eigenvalue weighted by atomic mass is 79.9. The Bertz CT molecular complexity index is 494. The lowest BCUT2D eigenvalue weighted by Crippen LogP contribution is -2.04. The molecule has 0 atom stereocenters. The fraction of sp³-hybridized carbons (Fsp3) is 0.308. The van der Waals surface area contributed by atoms with Gasteiger partial charge in [0.05, 0.1) is 16.7 Å². The van der Waals surface area contributed by atoms with Gasteiger partial charge < -0.3 is 0 Å². The first-order valence-corrected chi connectivity index (χ1v) is 7.33. The Morgan fingerprint density at radius 1 is 1.24 bits per heavy atom. The summed E-state index contributed by atoms with van der Waals surface area (Å²) in [5.74, 6) is 1.04. The Labute approximate surface area is 115 Å². The highest BCUT2D eigenvalue weighted by Crippen LogP contribution is 2.21. The maximum Gasteiger partial charge on any atom is 0.0738 e. The van der Waals surface area contributed by atoms with Gasteiger partial charge in [0.1, 0.15) is 0 Å². The second-order valence-corrected chi connectivity index (χ2v) is 5.83. The average Bonchev–Trinajstić information content (AvgIpc) is 2.59. The van der Waals surface area contributed by atoms with Crippen LogP contribution in [-0.4, -0.2) is 15.5 Å². The van der Waals surface area contributed by atoms with Crippen LogP contribution in [0.4, 0.5) is 0 Å². The van der Waals surface area contributed by atoms with E-state index in [0.29, 0.717) is 0 Å². The van der Waals surface area contributed by atoms with Crippen LogP contribution in [0.15, 0.2) is 39.7 Å². The maximum atomic E-state index is 4.50. The smallest absolute Gasteiger partial charge is 0.0738 e. The van der Waals surface area contributed by atoms with Crippen LogP contribution in [0.5, 0.6) is 0 Å². The molecule has 90 valence electrons. The number of benzene rings is 1. The van der Waals surface area contributed by atoms with Crippen molar-refractivity contribution in [3.05, 3.63) is 46.2 Å². The molecule has 0 bridgehead atoms. The van der Waals surface area contributed by atoms with Crippen molar-refractivity contribution in [1.82, 2.24) is 9.78 Å². The molecular weight excluding hydrogens is 296 g/mol. The summed E-state index contributed by atoms with van der Waals surface area (Å²) in [6.07, 6.45) is 0. The third-order valence-electron chi connectivity index (χ3n) is 2.61. The number of thioether (sulfide) groups is 1. The minimum atomic E-state index is 0.942. The molecule has 2 aromatic rings. The molecule has 2 nitrogen and oxygen atoms in total. The van der Waals surface area contributed by atoms with Crippen LogP contribution in [0.1, 0.15) is 11.4 Å². The largest absolute Gasteiger partial charge is 0.268 e. The molecule has 2 rings (SSSR count). The topological polar surface area (TPSA) is 17.8 Å². The third-order valence-corrected chi connectivity index (χ3v) is 4.75. The molecule has 1 aromatic carbocycles. The number of nitrogens with zero attached hydrogens (tertiary/aromatic N) is 2. The van der Waals surface area contributed by atoms with Crippen molar-refractivity contribution in [3.63, 3.8) is 0 Å². The number of rotatable bonds is 4. The van der Waals surface area contributed by atoms with Crippen molar-refractivity contribution < 1.29 is 0 Å². The van der Waals surface area contributed by atoms with Gasteiger partial charge in [0.15, 0.2) is 0 Å². The molecule has 0 saturated heterocycles. The van der Waals surface area contributed by atoms with E-state index in [9.17, 15) is 0 Å². The van der Waals surface area contributed by atoms with Gasteiger partial charge in [-0.25, -0.2) is 0 Å². The Morgan fingerprint density at radius 3 is 2.53 bits per heavy atom. The van der Waals surface area contributed by atoms with Crippen LogP contribution in [0.2, 0.25) is 0 Å². The predicted octanol–water partition coefficient (Wildman–Crippen LogP) is 4.05. The molecule has 4 heteroatoms. The summed E-state index contributed by atoms with van der Waals surface area (Å²) in [5, 5.41) is 4.50. The lowest BCUT2D eigenvalue weighted by Gasteiger charge is -2.04. The zero-order valence-corrected chi connectivity index (χ0v) is 12.4.